The number of ether oxygens (including phenoxy) is 2. The van der Waals surface area contributed by atoms with Crippen LogP contribution < -0.4 is 19.7 Å². The fourth-order valence-electron chi connectivity index (χ4n) is 4.98. The lowest BCUT2D eigenvalue weighted by Crippen LogP contribution is -2.28. The molecule has 9 nitrogen and oxygen atoms in total. The molecule has 9 heteroatoms. The lowest BCUT2D eigenvalue weighted by atomic mass is 10.1. The van der Waals surface area contributed by atoms with Gasteiger partial charge in [0.15, 0.2) is 17.3 Å². The molecule has 0 unspecified atom stereocenters. The van der Waals surface area contributed by atoms with E-state index in [1.807, 2.05) is 30.3 Å². The Morgan fingerprint density at radius 3 is 2.66 bits per heavy atom. The van der Waals surface area contributed by atoms with Gasteiger partial charge in [0, 0.05) is 48.9 Å². The second kappa shape index (κ2) is 9.05. The molecule has 0 aliphatic carbocycles. The molecule has 1 saturated heterocycles. The van der Waals surface area contributed by atoms with E-state index in [2.05, 4.69) is 20.1 Å². The van der Waals surface area contributed by atoms with Gasteiger partial charge in [-0.25, -0.2) is 0 Å². The second-order valence-corrected chi connectivity index (χ2v) is 9.20. The molecule has 180 valence electrons. The molecule has 1 atom stereocenters. The summed E-state index contributed by atoms with van der Waals surface area (Å²) >= 11 is 0. The molecule has 0 radical (unpaired) electrons. The minimum atomic E-state index is -0.428. The summed E-state index contributed by atoms with van der Waals surface area (Å²) in [6, 6.07) is 13.1. The van der Waals surface area contributed by atoms with Gasteiger partial charge >= 0.3 is 0 Å². The van der Waals surface area contributed by atoms with E-state index >= 15 is 0 Å². The Balaban J connectivity index is 1.12. The number of amides is 2. The highest BCUT2D eigenvalue weighted by atomic mass is 16.6. The van der Waals surface area contributed by atoms with Crippen molar-refractivity contribution in [2.45, 2.75) is 38.6 Å². The second-order valence-electron chi connectivity index (χ2n) is 9.20. The first-order valence-corrected chi connectivity index (χ1v) is 12.2. The zero-order chi connectivity index (χ0) is 23.8. The number of carbonyl (C=O) groups is 2. The van der Waals surface area contributed by atoms with Crippen molar-refractivity contribution in [3.63, 3.8) is 0 Å². The van der Waals surface area contributed by atoms with Gasteiger partial charge in [-0.3, -0.25) is 9.59 Å². The van der Waals surface area contributed by atoms with Crippen LogP contribution in [0, 0.1) is 5.92 Å². The Labute approximate surface area is 203 Å². The highest BCUT2D eigenvalue weighted by molar-refractivity contribution is 6.03. The predicted molar refractivity (Wildman–Crippen MR) is 130 cm³/mol. The van der Waals surface area contributed by atoms with E-state index in [0.29, 0.717) is 42.6 Å². The third-order valence-corrected chi connectivity index (χ3v) is 6.85. The summed E-state index contributed by atoms with van der Waals surface area (Å²) in [5.41, 5.74) is 2.38. The van der Waals surface area contributed by atoms with Gasteiger partial charge in [-0.1, -0.05) is 6.42 Å². The van der Waals surface area contributed by atoms with E-state index in [-0.39, 0.29) is 18.2 Å². The van der Waals surface area contributed by atoms with Crippen LogP contribution in [-0.2, 0) is 22.6 Å². The molecular formula is C26H27N5O4. The number of anilines is 2. The topological polar surface area (TPSA) is 98.6 Å². The molecule has 2 aromatic carbocycles. The maximum Gasteiger partial charge on any atom is 0.229 e. The molecular weight excluding hydrogens is 446 g/mol. The van der Waals surface area contributed by atoms with Crippen LogP contribution in [0.15, 0.2) is 42.5 Å². The highest BCUT2D eigenvalue weighted by Crippen LogP contribution is 2.36. The first kappa shape index (κ1) is 21.6. The summed E-state index contributed by atoms with van der Waals surface area (Å²) in [5, 5.41) is 11.7. The average molecular weight is 474 g/mol. The van der Waals surface area contributed by atoms with Gasteiger partial charge in [0.1, 0.15) is 19.0 Å². The normalized spacial score (nSPS) is 19.3. The molecule has 4 heterocycles. The molecule has 0 spiro atoms. The monoisotopic (exact) mass is 473 g/mol. The summed E-state index contributed by atoms with van der Waals surface area (Å²) in [4.78, 5) is 27.3. The average Bonchev–Trinajstić information content (AvgIpc) is 3.39. The number of carbonyl (C=O) groups excluding carboxylic acids is 2. The van der Waals surface area contributed by atoms with E-state index in [9.17, 15) is 9.59 Å². The molecule has 1 N–H and O–H groups in total. The van der Waals surface area contributed by atoms with E-state index < -0.39 is 5.92 Å². The van der Waals surface area contributed by atoms with Crippen molar-refractivity contribution in [1.82, 2.24) is 14.8 Å². The van der Waals surface area contributed by atoms with Gasteiger partial charge in [0.2, 0.25) is 11.8 Å². The Morgan fingerprint density at radius 2 is 1.80 bits per heavy atom. The molecule has 0 saturated carbocycles. The van der Waals surface area contributed by atoms with Crippen LogP contribution >= 0.6 is 0 Å². The molecule has 3 aliphatic heterocycles. The van der Waals surface area contributed by atoms with Crippen LogP contribution in [0.2, 0.25) is 0 Å². The minimum absolute atomic E-state index is 0.0790. The summed E-state index contributed by atoms with van der Waals surface area (Å²) in [5.74, 6) is 2.54. The van der Waals surface area contributed by atoms with Crippen molar-refractivity contribution < 1.29 is 19.1 Å². The first-order chi connectivity index (χ1) is 17.2. The lowest BCUT2D eigenvalue weighted by Gasteiger charge is -2.22. The molecule has 2 amide bonds. The van der Waals surface area contributed by atoms with Gasteiger partial charge in [-0.15, -0.1) is 10.2 Å². The van der Waals surface area contributed by atoms with Gasteiger partial charge in [0.05, 0.1) is 5.92 Å². The van der Waals surface area contributed by atoms with Gasteiger partial charge < -0.3 is 24.3 Å². The number of hydrogen-bond acceptors (Lipinski definition) is 6. The van der Waals surface area contributed by atoms with Gasteiger partial charge in [-0.2, -0.15) is 0 Å². The van der Waals surface area contributed by atoms with E-state index in [0.717, 1.165) is 43.0 Å². The summed E-state index contributed by atoms with van der Waals surface area (Å²) in [6.45, 7) is 2.26. The Bertz CT molecular complexity index is 1270. The lowest BCUT2D eigenvalue weighted by molar-refractivity contribution is -0.122. The number of aromatic nitrogens is 3. The molecule has 1 aromatic heterocycles. The van der Waals surface area contributed by atoms with Crippen LogP contribution in [0.3, 0.4) is 0 Å². The van der Waals surface area contributed by atoms with Gasteiger partial charge in [0.25, 0.3) is 0 Å². The van der Waals surface area contributed by atoms with Crippen LogP contribution in [0.4, 0.5) is 11.4 Å². The Morgan fingerprint density at radius 1 is 0.971 bits per heavy atom. The highest BCUT2D eigenvalue weighted by Gasteiger charge is 2.35. The van der Waals surface area contributed by atoms with Crippen molar-refractivity contribution in [2.24, 2.45) is 5.92 Å². The largest absolute Gasteiger partial charge is 0.486 e. The Hall–Kier alpha value is -3.88. The van der Waals surface area contributed by atoms with Crippen LogP contribution in [0.5, 0.6) is 11.5 Å². The predicted octanol–water partition coefficient (Wildman–Crippen LogP) is 3.43. The molecule has 35 heavy (non-hydrogen) atoms. The minimum Gasteiger partial charge on any atom is -0.486 e. The molecule has 0 bridgehead atoms. The van der Waals surface area contributed by atoms with Gasteiger partial charge in [-0.05, 0) is 49.2 Å². The van der Waals surface area contributed by atoms with Crippen molar-refractivity contribution in [3.05, 3.63) is 48.3 Å². The number of hydrogen-bond donors (Lipinski definition) is 1. The molecule has 6 rings (SSSR count). The van der Waals surface area contributed by atoms with Crippen molar-refractivity contribution in [1.29, 1.82) is 0 Å². The fraction of sp³-hybridized carbons (Fsp3) is 0.385. The molecule has 3 aliphatic rings. The number of rotatable bonds is 4. The van der Waals surface area contributed by atoms with Crippen molar-refractivity contribution in [2.75, 3.05) is 30.0 Å². The van der Waals surface area contributed by atoms with Crippen molar-refractivity contribution >= 4 is 23.2 Å². The standard InChI is InChI=1S/C26H27N5O4/c32-24-14-18(16-31(24)20-9-10-21-22(15-20)35-13-12-34-21)26(33)27-19-7-5-17(6-8-19)25-29-28-23-4-2-1-3-11-30(23)25/h5-10,15,18H,1-4,11-14,16H2,(H,27,33)/t18-/m1/s1. The number of nitrogens with zero attached hydrogens (tertiary/aromatic N) is 4. The Kier molecular flexibility index (Phi) is 5.60. The third kappa shape index (κ3) is 4.22. The maximum absolute atomic E-state index is 13.0. The quantitative estimate of drug-likeness (QED) is 0.623. The summed E-state index contributed by atoms with van der Waals surface area (Å²) < 4.78 is 13.4. The van der Waals surface area contributed by atoms with E-state index in [4.69, 9.17) is 9.47 Å². The van der Waals surface area contributed by atoms with E-state index in [1.54, 1.807) is 17.0 Å². The smallest absolute Gasteiger partial charge is 0.229 e. The van der Waals surface area contributed by atoms with Crippen LogP contribution in [0.1, 0.15) is 31.5 Å². The first-order valence-electron chi connectivity index (χ1n) is 12.2. The zero-order valence-electron chi connectivity index (χ0n) is 19.4. The zero-order valence-corrected chi connectivity index (χ0v) is 19.4. The molecule has 3 aromatic rings. The number of benzene rings is 2. The van der Waals surface area contributed by atoms with Crippen LogP contribution in [0.25, 0.3) is 11.4 Å². The molecule has 1 fully saturated rings. The summed E-state index contributed by atoms with van der Waals surface area (Å²) in [6.07, 6.45) is 4.63. The third-order valence-electron chi connectivity index (χ3n) is 6.85. The van der Waals surface area contributed by atoms with Crippen molar-refractivity contribution in [3.8, 4) is 22.9 Å². The fourth-order valence-corrected chi connectivity index (χ4v) is 4.98. The van der Waals surface area contributed by atoms with E-state index in [1.165, 1.54) is 6.42 Å². The van der Waals surface area contributed by atoms with Crippen LogP contribution in [-0.4, -0.2) is 46.3 Å². The number of aryl methyl sites for hydroxylation is 1. The summed E-state index contributed by atoms with van der Waals surface area (Å²) in [7, 11) is 0. The number of fused-ring (bicyclic) bond motifs is 2. The SMILES string of the molecule is O=C(Nc1ccc(-c2nnc3n2CCCCC3)cc1)[C@@H]1CC(=O)N(c2ccc3c(c2)OCCO3)C1. The number of nitrogens with one attached hydrogen (secondary N) is 1. The maximum atomic E-state index is 13.0.